The zero-order chi connectivity index (χ0) is 19.6. The molecule has 1 aliphatic rings. The molecule has 0 saturated carbocycles. The minimum atomic E-state index is -0.673. The van der Waals surface area contributed by atoms with E-state index in [4.69, 9.17) is 11.6 Å². The molecule has 0 unspecified atom stereocenters. The third kappa shape index (κ3) is 4.17. The Labute approximate surface area is 163 Å². The lowest BCUT2D eigenvalue weighted by Gasteiger charge is -2.27. The molecular formula is C18H15ClF2N2O3S. The molecule has 0 spiro atoms. The maximum Gasteiger partial charge on any atom is 0.407 e. The summed E-state index contributed by atoms with van der Waals surface area (Å²) in [6, 6.07) is 5.78. The van der Waals surface area contributed by atoms with Gasteiger partial charge < -0.3 is 15.4 Å². The molecule has 1 atom stereocenters. The molecule has 27 heavy (non-hydrogen) atoms. The van der Waals surface area contributed by atoms with E-state index in [-0.39, 0.29) is 16.1 Å². The van der Waals surface area contributed by atoms with E-state index < -0.39 is 29.7 Å². The first-order valence-electron chi connectivity index (χ1n) is 7.96. The van der Waals surface area contributed by atoms with Gasteiger partial charge in [0.25, 0.3) is 5.91 Å². The van der Waals surface area contributed by atoms with Gasteiger partial charge in [-0.25, -0.2) is 13.6 Å². The fourth-order valence-corrected chi connectivity index (χ4v) is 4.23. The SMILES string of the molecule is COC(=O)N[C@@H]1CCSc2c(C(=O)Nc3ccc(F)c(Cl)c3)ccc(F)c21. The number of carbonyl (C=O) groups is 2. The van der Waals surface area contributed by atoms with E-state index >= 15 is 0 Å². The molecule has 1 aliphatic heterocycles. The molecule has 0 bridgehead atoms. The number of benzene rings is 2. The first-order chi connectivity index (χ1) is 12.9. The van der Waals surface area contributed by atoms with Gasteiger partial charge in [0.1, 0.15) is 11.6 Å². The predicted molar refractivity (Wildman–Crippen MR) is 99.4 cm³/mol. The highest BCUT2D eigenvalue weighted by Gasteiger charge is 2.29. The van der Waals surface area contributed by atoms with Crippen LogP contribution in [0.1, 0.15) is 28.4 Å². The van der Waals surface area contributed by atoms with Crippen molar-refractivity contribution in [3.8, 4) is 0 Å². The molecule has 1 heterocycles. The first-order valence-corrected chi connectivity index (χ1v) is 9.33. The van der Waals surface area contributed by atoms with Crippen molar-refractivity contribution in [1.29, 1.82) is 0 Å². The van der Waals surface area contributed by atoms with Crippen molar-refractivity contribution in [1.82, 2.24) is 5.32 Å². The highest BCUT2D eigenvalue weighted by atomic mass is 35.5. The molecule has 9 heteroatoms. The Bertz CT molecular complexity index is 910. The Morgan fingerprint density at radius 2 is 1.96 bits per heavy atom. The van der Waals surface area contributed by atoms with Gasteiger partial charge in [0.2, 0.25) is 0 Å². The average Bonchev–Trinajstić information content (AvgIpc) is 2.65. The van der Waals surface area contributed by atoms with Crippen molar-refractivity contribution in [2.24, 2.45) is 0 Å². The monoisotopic (exact) mass is 412 g/mol. The zero-order valence-electron chi connectivity index (χ0n) is 14.1. The summed E-state index contributed by atoms with van der Waals surface area (Å²) in [6.45, 7) is 0. The summed E-state index contributed by atoms with van der Waals surface area (Å²) in [5.41, 5.74) is 0.823. The van der Waals surface area contributed by atoms with Crippen molar-refractivity contribution in [3.63, 3.8) is 0 Å². The molecule has 0 radical (unpaired) electrons. The number of halogens is 3. The van der Waals surface area contributed by atoms with E-state index in [2.05, 4.69) is 15.4 Å². The molecule has 0 fully saturated rings. The van der Waals surface area contributed by atoms with E-state index in [9.17, 15) is 18.4 Å². The van der Waals surface area contributed by atoms with Crippen LogP contribution < -0.4 is 10.6 Å². The van der Waals surface area contributed by atoms with Gasteiger partial charge in [-0.15, -0.1) is 11.8 Å². The molecule has 2 aromatic rings. The van der Waals surface area contributed by atoms with Gasteiger partial charge >= 0.3 is 6.09 Å². The van der Waals surface area contributed by atoms with Gasteiger partial charge in [-0.1, -0.05) is 11.6 Å². The van der Waals surface area contributed by atoms with E-state index in [0.29, 0.717) is 22.8 Å². The maximum absolute atomic E-state index is 14.4. The lowest BCUT2D eigenvalue weighted by Crippen LogP contribution is -2.32. The quantitative estimate of drug-likeness (QED) is 0.762. The average molecular weight is 413 g/mol. The second-order valence-corrected chi connectivity index (χ2v) is 7.26. The van der Waals surface area contributed by atoms with Crippen LogP contribution in [0, 0.1) is 11.6 Å². The van der Waals surface area contributed by atoms with Crippen molar-refractivity contribution in [2.75, 3.05) is 18.2 Å². The Kier molecular flexibility index (Phi) is 5.86. The van der Waals surface area contributed by atoms with Gasteiger partial charge in [0, 0.05) is 21.9 Å². The number of nitrogens with one attached hydrogen (secondary N) is 2. The molecule has 142 valence electrons. The predicted octanol–water partition coefficient (Wildman–Crippen LogP) is 4.76. The number of rotatable bonds is 3. The number of ether oxygens (including phenoxy) is 1. The number of fused-ring (bicyclic) bond motifs is 1. The number of alkyl carbamates (subject to hydrolysis) is 1. The van der Waals surface area contributed by atoms with E-state index in [1.54, 1.807) is 0 Å². The van der Waals surface area contributed by atoms with Gasteiger partial charge in [-0.05, 0) is 36.8 Å². The molecule has 2 amide bonds. The second-order valence-electron chi connectivity index (χ2n) is 5.75. The van der Waals surface area contributed by atoms with Gasteiger partial charge in [0.05, 0.1) is 23.7 Å². The number of hydrogen-bond acceptors (Lipinski definition) is 4. The van der Waals surface area contributed by atoms with Gasteiger partial charge in [-0.2, -0.15) is 0 Å². The zero-order valence-corrected chi connectivity index (χ0v) is 15.7. The van der Waals surface area contributed by atoms with Crippen molar-refractivity contribution in [3.05, 3.63) is 58.1 Å². The van der Waals surface area contributed by atoms with Crippen molar-refractivity contribution in [2.45, 2.75) is 17.4 Å². The summed E-state index contributed by atoms with van der Waals surface area (Å²) >= 11 is 7.06. The minimum Gasteiger partial charge on any atom is -0.453 e. The Morgan fingerprint density at radius 1 is 1.22 bits per heavy atom. The normalized spacial score (nSPS) is 15.6. The van der Waals surface area contributed by atoms with E-state index in [0.717, 1.165) is 6.07 Å². The summed E-state index contributed by atoms with van der Waals surface area (Å²) in [4.78, 5) is 24.7. The van der Waals surface area contributed by atoms with Crippen LogP contribution in [0.5, 0.6) is 0 Å². The topological polar surface area (TPSA) is 67.4 Å². The summed E-state index contributed by atoms with van der Waals surface area (Å²) in [5.74, 6) is -1.01. The lowest BCUT2D eigenvalue weighted by atomic mass is 10.00. The maximum atomic E-state index is 14.4. The van der Waals surface area contributed by atoms with Crippen LogP contribution in [0.2, 0.25) is 5.02 Å². The highest BCUT2D eigenvalue weighted by Crippen LogP contribution is 2.40. The van der Waals surface area contributed by atoms with E-state index in [1.807, 2.05) is 0 Å². The number of thioether (sulfide) groups is 1. The third-order valence-corrected chi connectivity index (χ3v) is 5.50. The molecule has 5 nitrogen and oxygen atoms in total. The van der Waals surface area contributed by atoms with Gasteiger partial charge in [0.15, 0.2) is 0 Å². The number of hydrogen-bond donors (Lipinski definition) is 2. The van der Waals surface area contributed by atoms with Crippen LogP contribution in [0.15, 0.2) is 35.2 Å². The minimum absolute atomic E-state index is 0.120. The lowest BCUT2D eigenvalue weighted by molar-refractivity contribution is 0.102. The molecule has 0 aromatic heterocycles. The third-order valence-electron chi connectivity index (χ3n) is 4.04. The number of amides is 2. The Morgan fingerprint density at radius 3 is 2.67 bits per heavy atom. The fraction of sp³-hybridized carbons (Fsp3) is 0.222. The standard InChI is InChI=1S/C18H15ClF2N2O3S/c1-26-18(25)23-14-6-7-27-16-10(3-5-13(21)15(14)16)17(24)22-9-2-4-12(20)11(19)8-9/h2-5,8,14H,6-7H2,1H3,(H,22,24)(H,23,25)/t14-/m1/s1. The fourth-order valence-electron chi connectivity index (χ4n) is 2.78. The number of carbonyl (C=O) groups excluding carboxylic acids is 2. The first kappa shape index (κ1) is 19.4. The van der Waals surface area contributed by atoms with Crippen molar-refractivity contribution >= 4 is 41.1 Å². The molecule has 2 aromatic carbocycles. The van der Waals surface area contributed by atoms with Crippen LogP contribution in [-0.4, -0.2) is 24.9 Å². The largest absolute Gasteiger partial charge is 0.453 e. The van der Waals surface area contributed by atoms with Crippen LogP contribution in [0.3, 0.4) is 0 Å². The summed E-state index contributed by atoms with van der Waals surface area (Å²) in [5, 5.41) is 5.09. The molecule has 3 rings (SSSR count). The van der Waals surface area contributed by atoms with Crippen molar-refractivity contribution < 1.29 is 23.1 Å². The second kappa shape index (κ2) is 8.14. The van der Waals surface area contributed by atoms with Gasteiger partial charge in [-0.3, -0.25) is 4.79 Å². The van der Waals surface area contributed by atoms with Crippen LogP contribution >= 0.6 is 23.4 Å². The Hall–Kier alpha value is -2.32. The molecule has 0 aliphatic carbocycles. The van der Waals surface area contributed by atoms with Crippen LogP contribution in [-0.2, 0) is 4.74 Å². The Balaban J connectivity index is 1.92. The number of anilines is 1. The van der Waals surface area contributed by atoms with Crippen LogP contribution in [0.4, 0.5) is 19.3 Å². The van der Waals surface area contributed by atoms with E-state index in [1.165, 1.54) is 43.1 Å². The number of methoxy groups -OCH3 is 1. The smallest absolute Gasteiger partial charge is 0.407 e. The molecule has 0 saturated heterocycles. The summed E-state index contributed by atoms with van der Waals surface area (Å²) in [7, 11) is 1.22. The summed E-state index contributed by atoms with van der Waals surface area (Å²) in [6.07, 6.45) is -0.171. The van der Waals surface area contributed by atoms with Crippen LogP contribution in [0.25, 0.3) is 0 Å². The summed E-state index contributed by atoms with van der Waals surface area (Å²) < 4.78 is 32.3. The molecular weight excluding hydrogens is 398 g/mol. The highest BCUT2D eigenvalue weighted by molar-refractivity contribution is 7.99. The molecule has 2 N–H and O–H groups in total.